The molecule has 3 rings (SSSR count). The van der Waals surface area contributed by atoms with Crippen molar-refractivity contribution in [3.63, 3.8) is 0 Å². The molecule has 1 aromatic carbocycles. The maximum Gasteiger partial charge on any atom is 0.312 e. The van der Waals surface area contributed by atoms with E-state index in [0.717, 1.165) is 11.3 Å². The number of aromatic nitrogens is 4. The van der Waals surface area contributed by atoms with Gasteiger partial charge in [0.1, 0.15) is 11.4 Å². The summed E-state index contributed by atoms with van der Waals surface area (Å²) in [5, 5.41) is 23.4. The average molecular weight is 431 g/mol. The van der Waals surface area contributed by atoms with Gasteiger partial charge in [0.05, 0.1) is 35.1 Å². The van der Waals surface area contributed by atoms with Gasteiger partial charge >= 0.3 is 5.69 Å². The van der Waals surface area contributed by atoms with Gasteiger partial charge in [-0.25, -0.2) is 0 Å². The number of halogens is 1. The number of hydrogen-bond acceptors (Lipinski definition) is 5. The van der Waals surface area contributed by atoms with Gasteiger partial charge in [0.2, 0.25) is 5.91 Å². The van der Waals surface area contributed by atoms with Crippen LogP contribution < -0.4 is 5.32 Å². The van der Waals surface area contributed by atoms with Crippen LogP contribution in [0.5, 0.6) is 0 Å². The normalized spacial score (nSPS) is 11.0. The summed E-state index contributed by atoms with van der Waals surface area (Å²) in [6.07, 6.45) is 0.133. The topological polar surface area (TPSA) is 108 Å². The smallest absolute Gasteiger partial charge is 0.312 e. The SMILES string of the molecule is Cc1nn(Cc2ccccc2Cl)c(C)c1NC(=O)CCn1nc(C)c([N+](=O)[O-])c1C. The second-order valence-electron chi connectivity index (χ2n) is 7.09. The minimum Gasteiger partial charge on any atom is -0.323 e. The Morgan fingerprint density at radius 2 is 1.77 bits per heavy atom. The fourth-order valence-corrected chi connectivity index (χ4v) is 3.59. The zero-order valence-corrected chi connectivity index (χ0v) is 18.0. The van der Waals surface area contributed by atoms with Crippen LogP contribution in [0.1, 0.15) is 34.8 Å². The molecule has 0 aliphatic heterocycles. The molecular formula is C20H23ClN6O3. The lowest BCUT2D eigenvalue weighted by Crippen LogP contribution is -2.16. The lowest BCUT2D eigenvalue weighted by atomic mass is 10.2. The summed E-state index contributed by atoms with van der Waals surface area (Å²) in [5.41, 5.74) is 3.89. The number of carbonyl (C=O) groups is 1. The third-order valence-corrected chi connectivity index (χ3v) is 5.37. The Morgan fingerprint density at radius 1 is 1.10 bits per heavy atom. The number of amides is 1. The van der Waals surface area contributed by atoms with Gasteiger partial charge in [-0.15, -0.1) is 0 Å². The van der Waals surface area contributed by atoms with E-state index in [1.807, 2.05) is 38.1 Å². The molecule has 0 bridgehead atoms. The van der Waals surface area contributed by atoms with Gasteiger partial charge in [0.15, 0.2) is 0 Å². The molecule has 1 N–H and O–H groups in total. The predicted octanol–water partition coefficient (Wildman–Crippen LogP) is 3.95. The summed E-state index contributed by atoms with van der Waals surface area (Å²) >= 11 is 6.24. The monoisotopic (exact) mass is 430 g/mol. The van der Waals surface area contributed by atoms with Crippen molar-refractivity contribution in [1.29, 1.82) is 0 Å². The van der Waals surface area contributed by atoms with Gasteiger partial charge in [0.25, 0.3) is 0 Å². The van der Waals surface area contributed by atoms with Crippen LogP contribution >= 0.6 is 11.6 Å². The Hall–Kier alpha value is -3.20. The lowest BCUT2D eigenvalue weighted by molar-refractivity contribution is -0.386. The minimum absolute atomic E-state index is 0.0112. The highest BCUT2D eigenvalue weighted by Crippen LogP contribution is 2.24. The molecule has 0 saturated carbocycles. The van der Waals surface area contributed by atoms with E-state index in [2.05, 4.69) is 15.5 Å². The van der Waals surface area contributed by atoms with Crippen molar-refractivity contribution in [1.82, 2.24) is 19.6 Å². The zero-order valence-electron chi connectivity index (χ0n) is 17.3. The highest BCUT2D eigenvalue weighted by molar-refractivity contribution is 6.31. The fourth-order valence-electron chi connectivity index (χ4n) is 3.40. The maximum absolute atomic E-state index is 12.5. The van der Waals surface area contributed by atoms with Gasteiger partial charge in [-0.05, 0) is 39.3 Å². The van der Waals surface area contributed by atoms with Crippen LogP contribution in [0.4, 0.5) is 11.4 Å². The summed E-state index contributed by atoms with van der Waals surface area (Å²) < 4.78 is 3.30. The van der Waals surface area contributed by atoms with Crippen molar-refractivity contribution in [2.75, 3.05) is 5.32 Å². The van der Waals surface area contributed by atoms with E-state index in [1.54, 1.807) is 18.5 Å². The summed E-state index contributed by atoms with van der Waals surface area (Å²) in [5.74, 6) is -0.214. The van der Waals surface area contributed by atoms with E-state index in [4.69, 9.17) is 11.6 Å². The fraction of sp³-hybridized carbons (Fsp3) is 0.350. The summed E-state index contributed by atoms with van der Waals surface area (Å²) in [4.78, 5) is 23.2. The van der Waals surface area contributed by atoms with Crippen molar-refractivity contribution in [3.05, 3.63) is 67.7 Å². The number of nitro groups is 1. The van der Waals surface area contributed by atoms with Crippen LogP contribution in [0, 0.1) is 37.8 Å². The molecule has 0 fully saturated rings. The van der Waals surface area contributed by atoms with Crippen LogP contribution in [0.25, 0.3) is 0 Å². The highest BCUT2D eigenvalue weighted by atomic mass is 35.5. The van der Waals surface area contributed by atoms with Crippen LogP contribution in [0.2, 0.25) is 5.02 Å². The third kappa shape index (κ3) is 4.35. The van der Waals surface area contributed by atoms with E-state index in [9.17, 15) is 14.9 Å². The molecule has 9 nitrogen and oxygen atoms in total. The lowest BCUT2D eigenvalue weighted by Gasteiger charge is -2.09. The predicted molar refractivity (Wildman–Crippen MR) is 114 cm³/mol. The molecule has 158 valence electrons. The molecule has 0 radical (unpaired) electrons. The Balaban J connectivity index is 1.69. The van der Waals surface area contributed by atoms with Gasteiger partial charge in [-0.3, -0.25) is 24.3 Å². The number of nitrogens with one attached hydrogen (secondary N) is 1. The molecule has 2 aromatic heterocycles. The first kappa shape index (κ1) is 21.5. The first-order valence-corrected chi connectivity index (χ1v) is 9.82. The van der Waals surface area contributed by atoms with Crippen LogP contribution in [-0.4, -0.2) is 30.4 Å². The first-order valence-electron chi connectivity index (χ1n) is 9.44. The highest BCUT2D eigenvalue weighted by Gasteiger charge is 2.22. The molecule has 10 heteroatoms. The maximum atomic E-state index is 12.5. The van der Waals surface area contributed by atoms with Crippen molar-refractivity contribution < 1.29 is 9.72 Å². The van der Waals surface area contributed by atoms with E-state index >= 15 is 0 Å². The average Bonchev–Trinajstić information content (AvgIpc) is 3.11. The Kier molecular flexibility index (Phi) is 6.21. The van der Waals surface area contributed by atoms with E-state index in [0.29, 0.717) is 34.3 Å². The van der Waals surface area contributed by atoms with E-state index < -0.39 is 4.92 Å². The molecule has 2 heterocycles. The van der Waals surface area contributed by atoms with Crippen molar-refractivity contribution in [2.24, 2.45) is 0 Å². The van der Waals surface area contributed by atoms with E-state index in [-0.39, 0.29) is 24.6 Å². The number of nitrogens with zero attached hydrogens (tertiary/aromatic N) is 5. The second-order valence-corrected chi connectivity index (χ2v) is 7.50. The molecule has 0 spiro atoms. The Bertz CT molecular complexity index is 1120. The largest absolute Gasteiger partial charge is 0.323 e. The van der Waals surface area contributed by atoms with Crippen LogP contribution in [0.15, 0.2) is 24.3 Å². The molecule has 30 heavy (non-hydrogen) atoms. The second kappa shape index (κ2) is 8.66. The number of anilines is 1. The molecular weight excluding hydrogens is 408 g/mol. The number of benzene rings is 1. The third-order valence-electron chi connectivity index (χ3n) is 5.00. The summed E-state index contributed by atoms with van der Waals surface area (Å²) in [6.45, 7) is 7.67. The Labute approximate surface area is 178 Å². The molecule has 0 atom stereocenters. The summed E-state index contributed by atoms with van der Waals surface area (Å²) in [7, 11) is 0. The van der Waals surface area contributed by atoms with Crippen LogP contribution in [-0.2, 0) is 17.9 Å². The number of rotatable bonds is 7. The molecule has 0 saturated heterocycles. The molecule has 0 unspecified atom stereocenters. The zero-order chi connectivity index (χ0) is 22.0. The van der Waals surface area contributed by atoms with Gasteiger partial charge in [0, 0.05) is 11.4 Å². The van der Waals surface area contributed by atoms with Crippen LogP contribution in [0.3, 0.4) is 0 Å². The number of aryl methyl sites for hydroxylation is 3. The van der Waals surface area contributed by atoms with Crippen molar-refractivity contribution in [3.8, 4) is 0 Å². The van der Waals surface area contributed by atoms with Crippen molar-refractivity contribution in [2.45, 2.75) is 47.2 Å². The van der Waals surface area contributed by atoms with Crippen molar-refractivity contribution >= 4 is 28.9 Å². The quantitative estimate of drug-likeness (QED) is 0.451. The molecule has 1 amide bonds. The summed E-state index contributed by atoms with van der Waals surface area (Å²) in [6, 6.07) is 7.55. The minimum atomic E-state index is -0.450. The molecule has 3 aromatic rings. The van der Waals surface area contributed by atoms with E-state index in [1.165, 1.54) is 4.68 Å². The standard InChI is InChI=1S/C20H23ClN6O3/c1-12-19(14(3)26(23-12)11-16-7-5-6-8-17(16)21)22-18(28)9-10-25-15(4)20(27(29)30)13(2)24-25/h5-8H,9-11H2,1-4H3,(H,22,28). The van der Waals surface area contributed by atoms with Gasteiger partial charge < -0.3 is 5.32 Å². The molecule has 0 aliphatic rings. The number of carbonyl (C=O) groups excluding carboxylic acids is 1. The van der Waals surface area contributed by atoms with Gasteiger partial charge in [-0.1, -0.05) is 29.8 Å². The molecule has 0 aliphatic carbocycles. The number of hydrogen-bond donors (Lipinski definition) is 1. The first-order chi connectivity index (χ1) is 14.2. The van der Waals surface area contributed by atoms with Gasteiger partial charge in [-0.2, -0.15) is 10.2 Å². The Morgan fingerprint density at radius 3 is 2.40 bits per heavy atom.